The van der Waals surface area contributed by atoms with Gasteiger partial charge in [0.05, 0.1) is 19.1 Å². The molecule has 0 aromatic heterocycles. The van der Waals surface area contributed by atoms with Crippen LogP contribution in [0.3, 0.4) is 0 Å². The van der Waals surface area contributed by atoms with E-state index < -0.39 is 6.10 Å². The van der Waals surface area contributed by atoms with Gasteiger partial charge in [0.25, 0.3) is 0 Å². The van der Waals surface area contributed by atoms with Crippen molar-refractivity contribution in [1.29, 1.82) is 0 Å². The molecular formula is C9H16O3. The van der Waals surface area contributed by atoms with Crippen LogP contribution in [-0.4, -0.2) is 23.8 Å². The van der Waals surface area contributed by atoms with E-state index in [-0.39, 0.29) is 12.4 Å². The molecule has 0 aliphatic rings. The topological polar surface area (TPSA) is 46.5 Å². The average Bonchev–Trinajstić information content (AvgIpc) is 2.01. The van der Waals surface area contributed by atoms with Crippen LogP contribution in [0, 0.1) is 0 Å². The molecule has 0 aliphatic carbocycles. The molecule has 0 rings (SSSR count). The number of carbonyl (C=O) groups is 1. The normalized spacial score (nSPS) is 12.2. The Hall–Kier alpha value is -0.830. The summed E-state index contributed by atoms with van der Waals surface area (Å²) in [4.78, 5) is 10.8. The first-order valence-corrected chi connectivity index (χ1v) is 4.15. The number of hydrogen-bond acceptors (Lipinski definition) is 3. The van der Waals surface area contributed by atoms with Gasteiger partial charge in [-0.3, -0.25) is 4.79 Å². The quantitative estimate of drug-likeness (QED) is 0.484. The summed E-state index contributed by atoms with van der Waals surface area (Å²) in [6, 6.07) is 0. The van der Waals surface area contributed by atoms with Gasteiger partial charge in [0.1, 0.15) is 0 Å². The molecule has 12 heavy (non-hydrogen) atoms. The van der Waals surface area contributed by atoms with Gasteiger partial charge in [-0.05, 0) is 19.8 Å². The highest BCUT2D eigenvalue weighted by molar-refractivity contribution is 5.69. The lowest BCUT2D eigenvalue weighted by molar-refractivity contribution is -0.145. The molecule has 3 heteroatoms. The first-order valence-electron chi connectivity index (χ1n) is 4.15. The molecule has 0 unspecified atom stereocenters. The minimum Gasteiger partial charge on any atom is -0.466 e. The molecule has 0 aromatic carbocycles. The zero-order chi connectivity index (χ0) is 9.40. The first kappa shape index (κ1) is 11.2. The van der Waals surface area contributed by atoms with Crippen LogP contribution in [0.25, 0.3) is 0 Å². The SMILES string of the molecule is C=CCC[C@@H](O)CC(=O)OCC. The number of allylic oxidation sites excluding steroid dienone is 1. The molecular weight excluding hydrogens is 156 g/mol. The van der Waals surface area contributed by atoms with E-state index >= 15 is 0 Å². The zero-order valence-electron chi connectivity index (χ0n) is 7.45. The molecule has 0 bridgehead atoms. The molecule has 0 amide bonds. The van der Waals surface area contributed by atoms with Crippen molar-refractivity contribution in [3.63, 3.8) is 0 Å². The van der Waals surface area contributed by atoms with Crippen LogP contribution < -0.4 is 0 Å². The van der Waals surface area contributed by atoms with Gasteiger partial charge in [-0.25, -0.2) is 0 Å². The Balaban J connectivity index is 3.46. The van der Waals surface area contributed by atoms with Crippen molar-refractivity contribution in [2.24, 2.45) is 0 Å². The van der Waals surface area contributed by atoms with Gasteiger partial charge in [-0.2, -0.15) is 0 Å². The van der Waals surface area contributed by atoms with E-state index in [1.165, 1.54) is 0 Å². The molecule has 0 heterocycles. The fraction of sp³-hybridized carbons (Fsp3) is 0.667. The fourth-order valence-corrected chi connectivity index (χ4v) is 0.825. The lowest BCUT2D eigenvalue weighted by Gasteiger charge is -2.07. The van der Waals surface area contributed by atoms with Crippen molar-refractivity contribution in [2.45, 2.75) is 32.3 Å². The van der Waals surface area contributed by atoms with Gasteiger partial charge >= 0.3 is 5.97 Å². The summed E-state index contributed by atoms with van der Waals surface area (Å²) in [6.45, 7) is 5.63. The molecule has 0 spiro atoms. The van der Waals surface area contributed by atoms with Crippen LogP contribution in [-0.2, 0) is 9.53 Å². The van der Waals surface area contributed by atoms with E-state index in [1.807, 2.05) is 0 Å². The highest BCUT2D eigenvalue weighted by atomic mass is 16.5. The molecule has 3 nitrogen and oxygen atoms in total. The highest BCUT2D eigenvalue weighted by Gasteiger charge is 2.09. The maximum Gasteiger partial charge on any atom is 0.308 e. The smallest absolute Gasteiger partial charge is 0.308 e. The van der Waals surface area contributed by atoms with Crippen molar-refractivity contribution in [3.05, 3.63) is 12.7 Å². The molecule has 0 aliphatic heterocycles. The van der Waals surface area contributed by atoms with Crippen LogP contribution in [0.4, 0.5) is 0 Å². The van der Waals surface area contributed by atoms with Gasteiger partial charge in [0.15, 0.2) is 0 Å². The molecule has 0 saturated carbocycles. The number of ether oxygens (including phenoxy) is 1. The minimum absolute atomic E-state index is 0.0850. The van der Waals surface area contributed by atoms with Crippen LogP contribution in [0.15, 0.2) is 12.7 Å². The minimum atomic E-state index is -0.595. The molecule has 70 valence electrons. The summed E-state index contributed by atoms with van der Waals surface area (Å²) in [5.74, 6) is -0.339. The third-order valence-corrected chi connectivity index (χ3v) is 1.41. The molecule has 0 aromatic rings. The predicted octanol–water partition coefficient (Wildman–Crippen LogP) is 1.27. The Bertz CT molecular complexity index is 143. The number of rotatable bonds is 6. The molecule has 0 fully saturated rings. The molecule has 0 saturated heterocycles. The predicted molar refractivity (Wildman–Crippen MR) is 46.7 cm³/mol. The van der Waals surface area contributed by atoms with Crippen molar-refractivity contribution < 1.29 is 14.6 Å². The fourth-order valence-electron chi connectivity index (χ4n) is 0.825. The van der Waals surface area contributed by atoms with Gasteiger partial charge in [-0.1, -0.05) is 6.08 Å². The Kier molecular flexibility index (Phi) is 6.38. The number of hydrogen-bond donors (Lipinski definition) is 1. The van der Waals surface area contributed by atoms with Crippen molar-refractivity contribution in [2.75, 3.05) is 6.61 Å². The summed E-state index contributed by atoms with van der Waals surface area (Å²) in [5.41, 5.74) is 0. The second kappa shape index (κ2) is 6.85. The monoisotopic (exact) mass is 172 g/mol. The van der Waals surface area contributed by atoms with Crippen LogP contribution in [0.2, 0.25) is 0 Å². The lowest BCUT2D eigenvalue weighted by Crippen LogP contribution is -2.15. The van der Waals surface area contributed by atoms with E-state index in [0.717, 1.165) is 6.42 Å². The summed E-state index contributed by atoms with van der Waals surface area (Å²) < 4.78 is 4.67. The van der Waals surface area contributed by atoms with Crippen LogP contribution in [0.1, 0.15) is 26.2 Å². The summed E-state index contributed by atoms with van der Waals surface area (Å²) in [5, 5.41) is 9.23. The molecule has 1 N–H and O–H groups in total. The second-order valence-corrected chi connectivity index (χ2v) is 2.53. The van der Waals surface area contributed by atoms with Gasteiger partial charge < -0.3 is 9.84 Å². The number of aliphatic hydroxyl groups excluding tert-OH is 1. The second-order valence-electron chi connectivity index (χ2n) is 2.53. The Morgan fingerprint density at radius 2 is 2.42 bits per heavy atom. The molecule has 1 atom stereocenters. The Labute approximate surface area is 73.0 Å². The van der Waals surface area contributed by atoms with Crippen LogP contribution >= 0.6 is 0 Å². The average molecular weight is 172 g/mol. The van der Waals surface area contributed by atoms with E-state index in [1.54, 1.807) is 13.0 Å². The van der Waals surface area contributed by atoms with E-state index in [2.05, 4.69) is 11.3 Å². The number of aliphatic hydroxyl groups is 1. The molecule has 0 radical (unpaired) electrons. The van der Waals surface area contributed by atoms with Gasteiger partial charge in [0, 0.05) is 0 Å². The largest absolute Gasteiger partial charge is 0.466 e. The van der Waals surface area contributed by atoms with E-state index in [4.69, 9.17) is 0 Å². The lowest BCUT2D eigenvalue weighted by atomic mass is 10.1. The van der Waals surface area contributed by atoms with Crippen molar-refractivity contribution in [1.82, 2.24) is 0 Å². The van der Waals surface area contributed by atoms with E-state index in [0.29, 0.717) is 13.0 Å². The maximum atomic E-state index is 10.8. The Morgan fingerprint density at radius 3 is 2.92 bits per heavy atom. The summed E-state index contributed by atoms with van der Waals surface area (Å²) >= 11 is 0. The maximum absolute atomic E-state index is 10.8. The van der Waals surface area contributed by atoms with Crippen molar-refractivity contribution in [3.8, 4) is 0 Å². The number of esters is 1. The van der Waals surface area contributed by atoms with E-state index in [9.17, 15) is 9.90 Å². The third kappa shape index (κ3) is 5.92. The standard InChI is InChI=1S/C9H16O3/c1-3-5-6-8(10)7-9(11)12-4-2/h3,8,10H,1,4-7H2,2H3/t8-/m1/s1. The summed E-state index contributed by atoms with van der Waals surface area (Å²) in [6.07, 6.45) is 2.50. The third-order valence-electron chi connectivity index (χ3n) is 1.41. The Morgan fingerprint density at radius 1 is 1.75 bits per heavy atom. The first-order chi connectivity index (χ1) is 5.70. The van der Waals surface area contributed by atoms with Crippen molar-refractivity contribution >= 4 is 5.97 Å². The summed E-state index contributed by atoms with van der Waals surface area (Å²) in [7, 11) is 0. The highest BCUT2D eigenvalue weighted by Crippen LogP contribution is 2.03. The zero-order valence-corrected chi connectivity index (χ0v) is 7.45. The number of carbonyl (C=O) groups excluding carboxylic acids is 1. The van der Waals surface area contributed by atoms with Crippen LogP contribution in [0.5, 0.6) is 0 Å². The van der Waals surface area contributed by atoms with Gasteiger partial charge in [-0.15, -0.1) is 6.58 Å². The van der Waals surface area contributed by atoms with Gasteiger partial charge in [0.2, 0.25) is 0 Å².